The Hall–Kier alpha value is -0.610. The summed E-state index contributed by atoms with van der Waals surface area (Å²) in [6, 6.07) is -0.0605. The van der Waals surface area contributed by atoms with Crippen LogP contribution in [0.25, 0.3) is 0 Å². The first-order valence-corrected chi connectivity index (χ1v) is 3.80. The summed E-state index contributed by atoms with van der Waals surface area (Å²) in [6.07, 6.45) is 1.22. The Kier molecular flexibility index (Phi) is 2.84. The summed E-state index contributed by atoms with van der Waals surface area (Å²) in [5.74, 6) is 0.0399. The Labute approximate surface area is 65.4 Å². The van der Waals surface area contributed by atoms with Crippen molar-refractivity contribution in [2.75, 3.05) is 19.8 Å². The molecule has 4 nitrogen and oxygen atoms in total. The molecule has 1 fully saturated rings. The highest BCUT2D eigenvalue weighted by Gasteiger charge is 2.29. The highest BCUT2D eigenvalue weighted by atomic mass is 16.3. The Morgan fingerprint density at radius 2 is 2.27 bits per heavy atom. The fraction of sp³-hybridized carbons (Fsp3) is 0.857. The maximum absolute atomic E-state index is 11.0. The SMILES string of the molecule is O=C1CCC(CO)N1CCO. The molecule has 1 amide bonds. The van der Waals surface area contributed by atoms with E-state index in [-0.39, 0.29) is 25.2 Å². The van der Waals surface area contributed by atoms with Crippen LogP contribution in [0.4, 0.5) is 0 Å². The van der Waals surface area contributed by atoms with E-state index in [1.807, 2.05) is 0 Å². The van der Waals surface area contributed by atoms with E-state index < -0.39 is 0 Å². The third kappa shape index (κ3) is 1.70. The predicted octanol–water partition coefficient (Wildman–Crippen LogP) is -1.04. The number of β-amino-alcohol motifs (C(OH)–C–C–N with tert-alkyl or cyclic N) is 1. The number of hydrogen-bond acceptors (Lipinski definition) is 3. The average molecular weight is 159 g/mol. The first-order valence-electron chi connectivity index (χ1n) is 3.80. The van der Waals surface area contributed by atoms with Crippen molar-refractivity contribution in [2.45, 2.75) is 18.9 Å². The number of aliphatic hydroxyl groups is 2. The molecule has 1 aliphatic heterocycles. The molecule has 1 unspecified atom stereocenters. The van der Waals surface area contributed by atoms with E-state index in [1.54, 1.807) is 4.90 Å². The molecule has 0 radical (unpaired) electrons. The predicted molar refractivity (Wildman–Crippen MR) is 38.9 cm³/mol. The lowest BCUT2D eigenvalue weighted by molar-refractivity contribution is -0.129. The van der Waals surface area contributed by atoms with E-state index in [9.17, 15) is 4.79 Å². The molecule has 1 saturated heterocycles. The van der Waals surface area contributed by atoms with Crippen molar-refractivity contribution in [3.8, 4) is 0 Å². The van der Waals surface area contributed by atoms with Crippen molar-refractivity contribution in [3.05, 3.63) is 0 Å². The normalized spacial score (nSPS) is 24.7. The van der Waals surface area contributed by atoms with Gasteiger partial charge in [0, 0.05) is 13.0 Å². The summed E-state index contributed by atoms with van der Waals surface area (Å²) in [5, 5.41) is 17.4. The number of rotatable bonds is 3. The quantitative estimate of drug-likeness (QED) is 0.553. The van der Waals surface area contributed by atoms with Gasteiger partial charge in [-0.2, -0.15) is 0 Å². The van der Waals surface area contributed by atoms with Crippen LogP contribution in [0.2, 0.25) is 0 Å². The van der Waals surface area contributed by atoms with E-state index in [4.69, 9.17) is 10.2 Å². The van der Waals surface area contributed by atoms with Crippen molar-refractivity contribution in [2.24, 2.45) is 0 Å². The van der Waals surface area contributed by atoms with Gasteiger partial charge in [0.25, 0.3) is 0 Å². The fourth-order valence-corrected chi connectivity index (χ4v) is 1.40. The molecule has 11 heavy (non-hydrogen) atoms. The highest BCUT2D eigenvalue weighted by Crippen LogP contribution is 2.16. The summed E-state index contributed by atoms with van der Waals surface area (Å²) in [4.78, 5) is 12.6. The lowest BCUT2D eigenvalue weighted by Crippen LogP contribution is -2.37. The van der Waals surface area contributed by atoms with Crippen LogP contribution in [-0.2, 0) is 4.79 Å². The second kappa shape index (κ2) is 3.69. The Morgan fingerprint density at radius 1 is 1.55 bits per heavy atom. The van der Waals surface area contributed by atoms with Crippen molar-refractivity contribution in [1.82, 2.24) is 4.90 Å². The van der Waals surface area contributed by atoms with Crippen LogP contribution in [0.1, 0.15) is 12.8 Å². The zero-order valence-electron chi connectivity index (χ0n) is 6.36. The smallest absolute Gasteiger partial charge is 0.223 e. The maximum atomic E-state index is 11.0. The second-order valence-electron chi connectivity index (χ2n) is 2.69. The standard InChI is InChI=1S/C7H13NO3/c9-4-3-8-6(5-10)1-2-7(8)11/h6,9-10H,1-5H2. The van der Waals surface area contributed by atoms with E-state index in [0.717, 1.165) is 6.42 Å². The van der Waals surface area contributed by atoms with Gasteiger partial charge in [-0.1, -0.05) is 0 Å². The molecule has 0 aromatic carbocycles. The lowest BCUT2D eigenvalue weighted by atomic mass is 10.2. The highest BCUT2D eigenvalue weighted by molar-refractivity contribution is 5.78. The number of hydrogen-bond donors (Lipinski definition) is 2. The van der Waals surface area contributed by atoms with Gasteiger partial charge >= 0.3 is 0 Å². The summed E-state index contributed by atoms with van der Waals surface area (Å²) in [7, 11) is 0. The average Bonchev–Trinajstić information content (AvgIpc) is 2.34. The van der Waals surface area contributed by atoms with Crippen LogP contribution in [0.3, 0.4) is 0 Å². The summed E-state index contributed by atoms with van der Waals surface area (Å²) < 4.78 is 0. The molecule has 0 saturated carbocycles. The summed E-state index contributed by atoms with van der Waals surface area (Å²) >= 11 is 0. The minimum Gasteiger partial charge on any atom is -0.395 e. The van der Waals surface area contributed by atoms with E-state index >= 15 is 0 Å². The third-order valence-electron chi connectivity index (χ3n) is 2.00. The molecule has 0 spiro atoms. The van der Waals surface area contributed by atoms with Gasteiger partial charge in [-0.15, -0.1) is 0 Å². The number of carbonyl (C=O) groups is 1. The number of amides is 1. The van der Waals surface area contributed by atoms with Crippen LogP contribution in [0.5, 0.6) is 0 Å². The van der Waals surface area contributed by atoms with Crippen molar-refractivity contribution in [1.29, 1.82) is 0 Å². The zero-order chi connectivity index (χ0) is 8.27. The second-order valence-corrected chi connectivity index (χ2v) is 2.69. The van der Waals surface area contributed by atoms with Crippen molar-refractivity contribution >= 4 is 5.91 Å². The van der Waals surface area contributed by atoms with Crippen LogP contribution in [-0.4, -0.2) is 46.8 Å². The van der Waals surface area contributed by atoms with Crippen molar-refractivity contribution < 1.29 is 15.0 Å². The van der Waals surface area contributed by atoms with Gasteiger partial charge in [-0.25, -0.2) is 0 Å². The van der Waals surface area contributed by atoms with Gasteiger partial charge in [0.15, 0.2) is 0 Å². The molecule has 64 valence electrons. The van der Waals surface area contributed by atoms with Gasteiger partial charge in [0.2, 0.25) is 5.91 Å². The van der Waals surface area contributed by atoms with Gasteiger partial charge in [-0.3, -0.25) is 4.79 Å². The molecule has 1 aliphatic rings. The molecule has 0 aromatic rings. The molecular formula is C7H13NO3. The number of carbonyl (C=O) groups excluding carboxylic acids is 1. The first kappa shape index (κ1) is 8.49. The van der Waals surface area contributed by atoms with Crippen LogP contribution >= 0.6 is 0 Å². The summed E-state index contributed by atoms with van der Waals surface area (Å²) in [5.41, 5.74) is 0. The maximum Gasteiger partial charge on any atom is 0.223 e. The molecule has 1 rings (SSSR count). The van der Waals surface area contributed by atoms with Gasteiger partial charge in [0.1, 0.15) is 0 Å². The van der Waals surface area contributed by atoms with Crippen LogP contribution in [0.15, 0.2) is 0 Å². The molecule has 0 aromatic heterocycles. The molecule has 0 aliphatic carbocycles. The molecule has 1 heterocycles. The third-order valence-corrected chi connectivity index (χ3v) is 2.00. The molecular weight excluding hydrogens is 146 g/mol. The lowest BCUT2D eigenvalue weighted by Gasteiger charge is -2.21. The fourth-order valence-electron chi connectivity index (χ4n) is 1.40. The van der Waals surface area contributed by atoms with Crippen molar-refractivity contribution in [3.63, 3.8) is 0 Å². The largest absolute Gasteiger partial charge is 0.395 e. The van der Waals surface area contributed by atoms with Crippen LogP contribution < -0.4 is 0 Å². The molecule has 0 bridgehead atoms. The molecule has 4 heteroatoms. The number of likely N-dealkylation sites (tertiary alicyclic amines) is 1. The van der Waals surface area contributed by atoms with Gasteiger partial charge in [0.05, 0.1) is 19.3 Å². The van der Waals surface area contributed by atoms with Gasteiger partial charge < -0.3 is 15.1 Å². The Bertz CT molecular complexity index is 149. The molecule has 2 N–H and O–H groups in total. The molecule has 1 atom stereocenters. The number of nitrogens with zero attached hydrogens (tertiary/aromatic N) is 1. The number of aliphatic hydroxyl groups excluding tert-OH is 2. The van der Waals surface area contributed by atoms with E-state index in [1.165, 1.54) is 0 Å². The van der Waals surface area contributed by atoms with Crippen LogP contribution in [0, 0.1) is 0 Å². The summed E-state index contributed by atoms with van der Waals surface area (Å²) in [6.45, 7) is 0.331. The minimum atomic E-state index is -0.0605. The minimum absolute atomic E-state index is 0.00569. The Morgan fingerprint density at radius 3 is 2.82 bits per heavy atom. The Balaban J connectivity index is 2.49. The monoisotopic (exact) mass is 159 g/mol. The van der Waals surface area contributed by atoms with E-state index in [0.29, 0.717) is 13.0 Å². The zero-order valence-corrected chi connectivity index (χ0v) is 6.36. The van der Waals surface area contributed by atoms with Gasteiger partial charge in [-0.05, 0) is 6.42 Å². The topological polar surface area (TPSA) is 60.8 Å². The first-order chi connectivity index (χ1) is 5.29. The van der Waals surface area contributed by atoms with E-state index in [2.05, 4.69) is 0 Å².